The van der Waals surface area contributed by atoms with Crippen LogP contribution in [0, 0.1) is 0 Å². The Morgan fingerprint density at radius 1 is 0.714 bits per heavy atom. The van der Waals surface area contributed by atoms with Gasteiger partial charge in [-0.2, -0.15) is 4.98 Å². The van der Waals surface area contributed by atoms with Crippen LogP contribution in [0.25, 0.3) is 0 Å². The lowest BCUT2D eigenvalue weighted by Crippen LogP contribution is -2.43. The smallest absolute Gasteiger partial charge is 0.224 e. The van der Waals surface area contributed by atoms with E-state index in [1.54, 1.807) is 0 Å². The van der Waals surface area contributed by atoms with Gasteiger partial charge in [0.05, 0.1) is 0 Å². The minimum Gasteiger partial charge on any atom is -0.356 e. The molecule has 7 heteroatoms. The summed E-state index contributed by atoms with van der Waals surface area (Å²) in [5.74, 6) is 1.85. The number of rotatable bonds is 13. The molecule has 7 nitrogen and oxygen atoms in total. The third kappa shape index (κ3) is 9.85. The lowest BCUT2D eigenvalue weighted by molar-refractivity contribution is 0.259. The quantitative estimate of drug-likeness (QED) is 0.382. The predicted octanol–water partition coefficient (Wildman–Crippen LogP) is 4.42. The van der Waals surface area contributed by atoms with Gasteiger partial charge in [0.1, 0.15) is 5.82 Å². The molecule has 2 heterocycles. The molecule has 1 aliphatic heterocycles. The zero-order chi connectivity index (χ0) is 24.0. The fourth-order valence-electron chi connectivity index (χ4n) is 6.04. The van der Waals surface area contributed by atoms with E-state index in [0.717, 1.165) is 76.2 Å². The maximum atomic E-state index is 4.84. The summed E-state index contributed by atoms with van der Waals surface area (Å²) < 4.78 is 0. The SMILES string of the molecule is c1cc(N2CCCCCC2)nc(NCCN(CCNC2CCCCC2)CCNC2CCCCC2)n1. The van der Waals surface area contributed by atoms with Crippen LogP contribution in [0.2, 0.25) is 0 Å². The molecule has 0 amide bonds. The molecule has 0 atom stereocenters. The molecule has 0 aromatic carbocycles. The Morgan fingerprint density at radius 3 is 1.86 bits per heavy atom. The molecule has 35 heavy (non-hydrogen) atoms. The molecule has 1 aromatic heterocycles. The molecule has 4 rings (SSSR count). The number of hydrogen-bond acceptors (Lipinski definition) is 7. The van der Waals surface area contributed by atoms with E-state index >= 15 is 0 Å². The van der Waals surface area contributed by atoms with Gasteiger partial charge in [0.2, 0.25) is 5.95 Å². The molecule has 1 aromatic rings. The third-order valence-corrected chi connectivity index (χ3v) is 8.21. The van der Waals surface area contributed by atoms with E-state index in [0.29, 0.717) is 0 Å². The number of anilines is 2. The van der Waals surface area contributed by atoms with Crippen LogP contribution in [0.15, 0.2) is 12.3 Å². The number of aromatic nitrogens is 2. The number of hydrogen-bond donors (Lipinski definition) is 3. The van der Waals surface area contributed by atoms with E-state index in [1.165, 1.54) is 89.9 Å². The van der Waals surface area contributed by atoms with Crippen molar-refractivity contribution in [2.75, 3.05) is 62.6 Å². The zero-order valence-corrected chi connectivity index (χ0v) is 22.2. The van der Waals surface area contributed by atoms with Crippen LogP contribution in [0.3, 0.4) is 0 Å². The minimum atomic E-state index is 0.735. The summed E-state index contributed by atoms with van der Waals surface area (Å²) in [6.45, 7) is 8.55. The highest BCUT2D eigenvalue weighted by Crippen LogP contribution is 2.19. The van der Waals surface area contributed by atoms with Crippen molar-refractivity contribution in [3.63, 3.8) is 0 Å². The molecule has 1 saturated heterocycles. The highest BCUT2D eigenvalue weighted by molar-refractivity contribution is 5.42. The summed E-state index contributed by atoms with van der Waals surface area (Å²) in [4.78, 5) is 14.4. The summed E-state index contributed by atoms with van der Waals surface area (Å²) in [7, 11) is 0. The summed E-state index contributed by atoms with van der Waals surface area (Å²) in [5.41, 5.74) is 0. The molecule has 198 valence electrons. The topological polar surface area (TPSA) is 68.4 Å². The second-order valence-electron chi connectivity index (χ2n) is 11.0. The Morgan fingerprint density at radius 2 is 1.26 bits per heavy atom. The van der Waals surface area contributed by atoms with Gasteiger partial charge in [0.25, 0.3) is 0 Å². The second-order valence-corrected chi connectivity index (χ2v) is 11.0. The average molecular weight is 486 g/mol. The summed E-state index contributed by atoms with van der Waals surface area (Å²) >= 11 is 0. The molecule has 0 unspecified atom stereocenters. The van der Waals surface area contributed by atoms with E-state index in [9.17, 15) is 0 Å². The maximum absolute atomic E-state index is 4.84. The first-order chi connectivity index (χ1) is 17.4. The molecule has 0 radical (unpaired) electrons. The van der Waals surface area contributed by atoms with Gasteiger partial charge < -0.3 is 20.9 Å². The highest BCUT2D eigenvalue weighted by atomic mass is 15.2. The molecule has 3 N–H and O–H groups in total. The zero-order valence-electron chi connectivity index (χ0n) is 22.2. The molecule has 2 aliphatic carbocycles. The van der Waals surface area contributed by atoms with Gasteiger partial charge >= 0.3 is 0 Å². The lowest BCUT2D eigenvalue weighted by atomic mass is 9.95. The molecule has 3 aliphatic rings. The Labute approximate surface area is 214 Å². The maximum Gasteiger partial charge on any atom is 0.224 e. The molecular weight excluding hydrogens is 434 g/mol. The fraction of sp³-hybridized carbons (Fsp3) is 0.857. The predicted molar refractivity (Wildman–Crippen MR) is 147 cm³/mol. The van der Waals surface area contributed by atoms with E-state index in [-0.39, 0.29) is 0 Å². The molecule has 0 spiro atoms. The van der Waals surface area contributed by atoms with Gasteiger partial charge in [-0.15, -0.1) is 0 Å². The number of nitrogens with one attached hydrogen (secondary N) is 3. The van der Waals surface area contributed by atoms with Crippen molar-refractivity contribution >= 4 is 11.8 Å². The van der Waals surface area contributed by atoms with Gasteiger partial charge in [0.15, 0.2) is 0 Å². The Bertz CT molecular complexity index is 656. The molecular formula is C28H51N7. The van der Waals surface area contributed by atoms with Gasteiger partial charge in [-0.05, 0) is 44.6 Å². The summed E-state index contributed by atoms with van der Waals surface area (Å²) in [6.07, 6.45) is 21.0. The average Bonchev–Trinajstić information content (AvgIpc) is 3.20. The van der Waals surface area contributed by atoms with Gasteiger partial charge in [-0.25, -0.2) is 4.98 Å². The monoisotopic (exact) mass is 485 g/mol. The Balaban J connectivity index is 1.22. The number of nitrogens with zero attached hydrogens (tertiary/aromatic N) is 4. The summed E-state index contributed by atoms with van der Waals surface area (Å²) in [5, 5.41) is 11.2. The van der Waals surface area contributed by atoms with Crippen LogP contribution < -0.4 is 20.9 Å². The van der Waals surface area contributed by atoms with Crippen molar-refractivity contribution in [1.29, 1.82) is 0 Å². The van der Waals surface area contributed by atoms with E-state index in [2.05, 4.69) is 36.8 Å². The van der Waals surface area contributed by atoms with Crippen LogP contribution in [0.4, 0.5) is 11.8 Å². The van der Waals surface area contributed by atoms with Crippen LogP contribution in [0.5, 0.6) is 0 Å². The largest absolute Gasteiger partial charge is 0.356 e. The molecule has 2 saturated carbocycles. The highest BCUT2D eigenvalue weighted by Gasteiger charge is 2.16. The second kappa shape index (κ2) is 15.6. The van der Waals surface area contributed by atoms with Crippen molar-refractivity contribution in [2.24, 2.45) is 0 Å². The third-order valence-electron chi connectivity index (χ3n) is 8.21. The van der Waals surface area contributed by atoms with Crippen molar-refractivity contribution in [3.05, 3.63) is 12.3 Å². The van der Waals surface area contributed by atoms with Crippen LogP contribution in [-0.4, -0.2) is 79.3 Å². The lowest BCUT2D eigenvalue weighted by Gasteiger charge is -2.28. The summed E-state index contributed by atoms with van der Waals surface area (Å²) in [6, 6.07) is 3.54. The molecule has 3 fully saturated rings. The first-order valence-electron chi connectivity index (χ1n) is 14.9. The van der Waals surface area contributed by atoms with Crippen molar-refractivity contribution in [2.45, 2.75) is 102 Å². The molecule has 0 bridgehead atoms. The van der Waals surface area contributed by atoms with Crippen molar-refractivity contribution in [3.8, 4) is 0 Å². The van der Waals surface area contributed by atoms with Crippen molar-refractivity contribution < 1.29 is 0 Å². The van der Waals surface area contributed by atoms with Gasteiger partial charge in [0, 0.05) is 70.6 Å². The first kappa shape index (κ1) is 26.6. The normalized spacial score (nSPS) is 20.8. The Hall–Kier alpha value is -1.44. The fourth-order valence-corrected chi connectivity index (χ4v) is 6.04. The van der Waals surface area contributed by atoms with Crippen LogP contribution in [-0.2, 0) is 0 Å². The Kier molecular flexibility index (Phi) is 11.9. The first-order valence-corrected chi connectivity index (χ1v) is 14.9. The van der Waals surface area contributed by atoms with Gasteiger partial charge in [-0.3, -0.25) is 4.90 Å². The van der Waals surface area contributed by atoms with Crippen LogP contribution >= 0.6 is 0 Å². The standard InChI is InChI=1S/C28H51N7/c1-2-10-21-35(20-9-1)27-15-16-31-28(33-27)32-19-24-34(22-17-29-25-11-5-3-6-12-25)23-18-30-26-13-7-4-8-14-26/h15-16,25-26,29-30H,1-14,17-24H2,(H,31,32,33). The van der Waals surface area contributed by atoms with Crippen molar-refractivity contribution in [1.82, 2.24) is 25.5 Å². The van der Waals surface area contributed by atoms with E-state index in [4.69, 9.17) is 4.98 Å². The van der Waals surface area contributed by atoms with Gasteiger partial charge in [-0.1, -0.05) is 51.4 Å². The van der Waals surface area contributed by atoms with E-state index in [1.807, 2.05) is 6.20 Å². The van der Waals surface area contributed by atoms with Crippen LogP contribution in [0.1, 0.15) is 89.9 Å². The minimum absolute atomic E-state index is 0.735. The van der Waals surface area contributed by atoms with E-state index < -0.39 is 0 Å².